The van der Waals surface area contributed by atoms with E-state index in [0.717, 1.165) is 10.4 Å². The third-order valence-corrected chi connectivity index (χ3v) is 7.69. The molecule has 5 rings (SSSR count). The Morgan fingerprint density at radius 2 is 1.76 bits per heavy atom. The summed E-state index contributed by atoms with van der Waals surface area (Å²) in [4.78, 5) is -0.251. The summed E-state index contributed by atoms with van der Waals surface area (Å²) in [6.45, 7) is -0.292. The molecule has 0 bridgehead atoms. The monoisotopic (exact) mass is 477 g/mol. The van der Waals surface area contributed by atoms with E-state index in [9.17, 15) is 22.5 Å². The first-order chi connectivity index (χ1) is 16.3. The number of nitriles is 1. The minimum Gasteiger partial charge on any atom is -0.439 e. The Hall–Kier alpha value is -4.16. The van der Waals surface area contributed by atoms with E-state index in [0.29, 0.717) is 5.56 Å². The van der Waals surface area contributed by atoms with Crippen molar-refractivity contribution < 1.29 is 21.9 Å². The largest absolute Gasteiger partial charge is 0.439 e. The van der Waals surface area contributed by atoms with Gasteiger partial charge in [-0.05, 0) is 35.9 Å². The Morgan fingerprint density at radius 1 is 1.03 bits per heavy atom. The summed E-state index contributed by atoms with van der Waals surface area (Å²) in [6.07, 6.45) is 0. The van der Waals surface area contributed by atoms with Gasteiger partial charge in [-0.25, -0.2) is 17.2 Å². The molecule has 9 heteroatoms. The molecule has 34 heavy (non-hydrogen) atoms. The molecule has 0 saturated heterocycles. The molecule has 6 nitrogen and oxygen atoms in total. The van der Waals surface area contributed by atoms with Crippen LogP contribution in [0.5, 0.6) is 0 Å². The first-order valence-electron chi connectivity index (χ1n) is 10.3. The first-order valence-corrected chi connectivity index (χ1v) is 11.7. The van der Waals surface area contributed by atoms with Gasteiger partial charge in [0, 0.05) is 11.1 Å². The number of nitrogens with zero attached hydrogens (tertiary/aromatic N) is 2. The lowest BCUT2D eigenvalue weighted by Crippen LogP contribution is -2.39. The number of nitrogens with two attached hydrogens (primary N) is 1. The minimum absolute atomic E-state index is 0.0360. The van der Waals surface area contributed by atoms with Gasteiger partial charge in [-0.1, -0.05) is 42.5 Å². The van der Waals surface area contributed by atoms with Gasteiger partial charge in [-0.2, -0.15) is 5.26 Å². The third-order valence-electron chi connectivity index (χ3n) is 5.81. The van der Waals surface area contributed by atoms with Gasteiger partial charge in [-0.15, -0.1) is 0 Å². The standard InChI is InChI=1S/C25H17F2N3O3S/c26-17-8-5-7-15(12-17)22-19(13-28)25(29)33-23-18-9-2-4-11-21(18)30(34(31,32)24(22)23)14-16-6-1-3-10-20(16)27/h1-12,22H,14,29H2/t22-/m0/s1. The summed E-state index contributed by atoms with van der Waals surface area (Å²) in [5.74, 6) is -2.66. The number of fused-ring (bicyclic) bond motifs is 2. The van der Waals surface area contributed by atoms with Crippen LogP contribution in [0.4, 0.5) is 14.5 Å². The second-order valence-corrected chi connectivity index (χ2v) is 9.62. The highest BCUT2D eigenvalue weighted by molar-refractivity contribution is 7.96. The maximum Gasteiger partial charge on any atom is 0.265 e. The average molecular weight is 477 g/mol. The molecule has 3 aromatic rings. The lowest BCUT2D eigenvalue weighted by molar-refractivity contribution is 0.357. The second kappa shape index (κ2) is 8.01. The van der Waals surface area contributed by atoms with E-state index in [2.05, 4.69) is 0 Å². The fourth-order valence-electron chi connectivity index (χ4n) is 4.28. The van der Waals surface area contributed by atoms with Crippen molar-refractivity contribution in [3.05, 3.63) is 117 Å². The van der Waals surface area contributed by atoms with Crippen LogP contribution >= 0.6 is 0 Å². The highest BCUT2D eigenvalue weighted by Gasteiger charge is 2.47. The summed E-state index contributed by atoms with van der Waals surface area (Å²) >= 11 is 0. The minimum atomic E-state index is -4.37. The summed E-state index contributed by atoms with van der Waals surface area (Å²) < 4.78 is 63.5. The Morgan fingerprint density at radius 3 is 2.50 bits per heavy atom. The number of allylic oxidation sites excluding steroid dienone is 2. The molecule has 0 radical (unpaired) electrons. The van der Waals surface area contributed by atoms with Gasteiger partial charge in [0.25, 0.3) is 10.0 Å². The van der Waals surface area contributed by atoms with E-state index in [1.807, 2.05) is 6.07 Å². The van der Waals surface area contributed by atoms with Gasteiger partial charge in [0.1, 0.15) is 28.2 Å². The number of sulfonamides is 1. The molecule has 2 heterocycles. The number of hydrogen-bond acceptors (Lipinski definition) is 5. The molecule has 2 N–H and O–H groups in total. The maximum absolute atomic E-state index is 14.5. The quantitative estimate of drug-likeness (QED) is 0.600. The molecule has 2 aliphatic rings. The van der Waals surface area contributed by atoms with Gasteiger partial charge >= 0.3 is 0 Å². The van der Waals surface area contributed by atoms with Crippen LogP contribution < -0.4 is 10.0 Å². The van der Waals surface area contributed by atoms with Gasteiger partial charge in [-0.3, -0.25) is 4.31 Å². The van der Waals surface area contributed by atoms with Gasteiger partial charge in [0.2, 0.25) is 5.88 Å². The lowest BCUT2D eigenvalue weighted by atomic mass is 9.88. The SMILES string of the molecule is N#CC1=C(N)OC2=C([C@H]1c1cccc(F)c1)S(=O)(=O)N(Cc1ccccc1F)c1ccccc12. The van der Waals surface area contributed by atoms with Crippen LogP contribution in [0.25, 0.3) is 5.76 Å². The number of para-hydroxylation sites is 1. The number of hydrogen-bond donors (Lipinski definition) is 1. The van der Waals surface area contributed by atoms with Crippen molar-refractivity contribution in [2.45, 2.75) is 12.5 Å². The number of rotatable bonds is 3. The van der Waals surface area contributed by atoms with Crippen LogP contribution in [-0.4, -0.2) is 8.42 Å². The summed E-state index contributed by atoms with van der Waals surface area (Å²) in [5, 5.41) is 9.81. The third kappa shape index (κ3) is 3.31. The topological polar surface area (TPSA) is 96.4 Å². The van der Waals surface area contributed by atoms with Gasteiger partial charge in [0.05, 0.1) is 18.2 Å². The molecule has 0 fully saturated rings. The van der Waals surface area contributed by atoms with Gasteiger partial charge in [0.15, 0.2) is 5.76 Å². The predicted molar refractivity (Wildman–Crippen MR) is 122 cm³/mol. The highest BCUT2D eigenvalue weighted by Crippen LogP contribution is 2.51. The molecular formula is C25H17F2N3O3S. The molecule has 3 aromatic carbocycles. The summed E-state index contributed by atoms with van der Waals surface area (Å²) in [5.41, 5.74) is 6.95. The molecule has 0 unspecified atom stereocenters. The lowest BCUT2D eigenvalue weighted by Gasteiger charge is -2.38. The van der Waals surface area contributed by atoms with E-state index in [4.69, 9.17) is 10.5 Å². The fraction of sp³-hybridized carbons (Fsp3) is 0.0800. The van der Waals surface area contributed by atoms with E-state index >= 15 is 0 Å². The Balaban J connectivity index is 1.78. The first kappa shape index (κ1) is 21.7. The van der Waals surface area contributed by atoms with Crippen LogP contribution in [0.1, 0.15) is 22.6 Å². The molecule has 0 saturated carbocycles. The van der Waals surface area contributed by atoms with E-state index in [-0.39, 0.29) is 45.5 Å². The molecule has 0 aromatic heterocycles. The summed E-state index contributed by atoms with van der Waals surface area (Å²) in [7, 11) is -4.37. The molecule has 0 aliphatic carbocycles. The van der Waals surface area contributed by atoms with Gasteiger partial charge < -0.3 is 10.5 Å². The van der Waals surface area contributed by atoms with E-state index in [1.165, 1.54) is 36.4 Å². The zero-order valence-corrected chi connectivity index (χ0v) is 18.4. The average Bonchev–Trinajstić information content (AvgIpc) is 2.82. The molecule has 170 valence electrons. The number of benzene rings is 3. The van der Waals surface area contributed by atoms with Crippen LogP contribution in [0.15, 0.2) is 89.2 Å². The van der Waals surface area contributed by atoms with Crippen molar-refractivity contribution in [3.8, 4) is 6.07 Å². The van der Waals surface area contributed by atoms with Crippen molar-refractivity contribution in [3.63, 3.8) is 0 Å². The molecule has 0 amide bonds. The van der Waals surface area contributed by atoms with Crippen LogP contribution in [0.2, 0.25) is 0 Å². The van der Waals surface area contributed by atoms with Crippen LogP contribution in [-0.2, 0) is 21.3 Å². The number of ether oxygens (including phenoxy) is 1. The molecule has 0 spiro atoms. The van der Waals surface area contributed by atoms with E-state index in [1.54, 1.807) is 30.3 Å². The highest BCUT2D eigenvalue weighted by atomic mass is 32.2. The Kier molecular flexibility index (Phi) is 5.10. The normalized spacial score (nSPS) is 18.6. The maximum atomic E-state index is 14.5. The van der Waals surface area contributed by atoms with Crippen molar-refractivity contribution in [2.24, 2.45) is 5.73 Å². The van der Waals surface area contributed by atoms with Crippen molar-refractivity contribution >= 4 is 21.5 Å². The fourth-order valence-corrected chi connectivity index (χ4v) is 6.18. The van der Waals surface area contributed by atoms with Crippen molar-refractivity contribution in [1.29, 1.82) is 5.26 Å². The second-order valence-electron chi connectivity index (χ2n) is 7.79. The predicted octanol–water partition coefficient (Wildman–Crippen LogP) is 4.49. The number of anilines is 1. The van der Waals surface area contributed by atoms with Crippen LogP contribution in [0.3, 0.4) is 0 Å². The molecule has 1 atom stereocenters. The Bertz CT molecular complexity index is 1540. The van der Waals surface area contributed by atoms with Crippen LogP contribution in [0, 0.1) is 23.0 Å². The molecule has 2 aliphatic heterocycles. The summed E-state index contributed by atoms with van der Waals surface area (Å²) in [6, 6.07) is 19.7. The zero-order valence-electron chi connectivity index (χ0n) is 17.6. The van der Waals surface area contributed by atoms with Crippen molar-refractivity contribution in [2.75, 3.05) is 4.31 Å². The smallest absolute Gasteiger partial charge is 0.265 e. The van der Waals surface area contributed by atoms with E-state index < -0.39 is 27.6 Å². The zero-order chi connectivity index (χ0) is 24.0. The Labute approximate surface area is 194 Å². The molecular weight excluding hydrogens is 460 g/mol. The van der Waals surface area contributed by atoms with Crippen molar-refractivity contribution in [1.82, 2.24) is 0 Å². The number of halogens is 2.